The molecule has 2 rings (SSSR count). The first-order valence-electron chi connectivity index (χ1n) is 8.44. The van der Waals surface area contributed by atoms with Crippen molar-refractivity contribution in [2.45, 2.75) is 40.2 Å². The number of nitrogens with one attached hydrogen (secondary N) is 1. The number of hydrogen-bond donors (Lipinski definition) is 2. The highest BCUT2D eigenvalue weighted by Gasteiger charge is 2.21. The Hall–Kier alpha value is -2.14. The van der Waals surface area contributed by atoms with E-state index in [1.165, 1.54) is 0 Å². The van der Waals surface area contributed by atoms with Crippen molar-refractivity contribution >= 4 is 5.91 Å². The Morgan fingerprint density at radius 3 is 2.62 bits per heavy atom. The number of aromatic nitrogens is 2. The Labute approximate surface area is 143 Å². The normalized spacial score (nSPS) is 11.5. The molecule has 0 saturated carbocycles. The molecular weight excluding hydrogens is 302 g/mol. The first-order valence-corrected chi connectivity index (χ1v) is 8.44. The molecule has 1 aromatic heterocycles. The van der Waals surface area contributed by atoms with Crippen LogP contribution in [0.1, 0.15) is 48.8 Å². The zero-order valence-electron chi connectivity index (χ0n) is 14.7. The van der Waals surface area contributed by atoms with Gasteiger partial charge in [-0.3, -0.25) is 9.48 Å². The summed E-state index contributed by atoms with van der Waals surface area (Å²) in [4.78, 5) is 12.5. The monoisotopic (exact) mass is 329 g/mol. The summed E-state index contributed by atoms with van der Waals surface area (Å²) in [6, 6.07) is 10.1. The van der Waals surface area contributed by atoms with Crippen molar-refractivity contribution in [3.05, 3.63) is 53.3 Å². The van der Waals surface area contributed by atoms with Crippen LogP contribution in [0.15, 0.2) is 36.5 Å². The van der Waals surface area contributed by atoms with Crippen LogP contribution in [0.4, 0.5) is 0 Å². The van der Waals surface area contributed by atoms with Gasteiger partial charge in [0.15, 0.2) is 0 Å². The van der Waals surface area contributed by atoms with E-state index in [1.54, 1.807) is 6.20 Å². The third-order valence-corrected chi connectivity index (χ3v) is 4.22. The average Bonchev–Trinajstić information content (AvgIpc) is 2.96. The molecule has 24 heavy (non-hydrogen) atoms. The summed E-state index contributed by atoms with van der Waals surface area (Å²) in [6.07, 6.45) is 3.05. The summed E-state index contributed by atoms with van der Waals surface area (Å²) in [5, 5.41) is 16.5. The highest BCUT2D eigenvalue weighted by Crippen LogP contribution is 2.19. The van der Waals surface area contributed by atoms with Crippen molar-refractivity contribution in [1.29, 1.82) is 0 Å². The number of benzene rings is 1. The molecule has 0 saturated heterocycles. The van der Waals surface area contributed by atoms with E-state index in [9.17, 15) is 4.79 Å². The fourth-order valence-corrected chi connectivity index (χ4v) is 2.67. The lowest BCUT2D eigenvalue weighted by Crippen LogP contribution is -2.34. The summed E-state index contributed by atoms with van der Waals surface area (Å²) in [5.74, 6) is -0.0998. The first-order chi connectivity index (χ1) is 11.5. The minimum atomic E-state index is -0.128. The number of aliphatic hydroxyl groups excluding tert-OH is 1. The van der Waals surface area contributed by atoms with Crippen LogP contribution < -0.4 is 5.32 Å². The van der Waals surface area contributed by atoms with Gasteiger partial charge >= 0.3 is 0 Å². The van der Waals surface area contributed by atoms with Crippen molar-refractivity contribution in [3.8, 4) is 0 Å². The van der Waals surface area contributed by atoms with E-state index in [-0.39, 0.29) is 17.9 Å². The van der Waals surface area contributed by atoms with Crippen molar-refractivity contribution in [2.75, 3.05) is 13.2 Å². The standard InChI is InChI=1S/C19H27N3O2/c1-4-17-16(18(24)20-14-19(2,3)10-11-23)12-21-22(17)13-15-8-6-5-7-9-15/h5-9,12,23H,4,10-11,13-14H2,1-3H3,(H,20,24). The van der Waals surface area contributed by atoms with E-state index >= 15 is 0 Å². The van der Waals surface area contributed by atoms with Crippen molar-refractivity contribution < 1.29 is 9.90 Å². The molecule has 0 bridgehead atoms. The lowest BCUT2D eigenvalue weighted by Gasteiger charge is -2.23. The van der Waals surface area contributed by atoms with Crippen LogP contribution in [0.2, 0.25) is 0 Å². The fraction of sp³-hybridized carbons (Fsp3) is 0.474. The zero-order valence-corrected chi connectivity index (χ0v) is 14.7. The van der Waals surface area contributed by atoms with Gasteiger partial charge in [-0.25, -0.2) is 0 Å². The maximum Gasteiger partial charge on any atom is 0.254 e. The van der Waals surface area contributed by atoms with Crippen LogP contribution in [0.3, 0.4) is 0 Å². The SMILES string of the molecule is CCc1c(C(=O)NCC(C)(C)CCO)cnn1Cc1ccccc1. The average molecular weight is 329 g/mol. The predicted molar refractivity (Wildman–Crippen MR) is 95.0 cm³/mol. The molecule has 1 aromatic carbocycles. The number of amides is 1. The van der Waals surface area contributed by atoms with Gasteiger partial charge < -0.3 is 10.4 Å². The Bertz CT molecular complexity index is 663. The van der Waals surface area contributed by atoms with E-state index in [0.29, 0.717) is 25.1 Å². The molecule has 2 aromatic rings. The summed E-state index contributed by atoms with van der Waals surface area (Å²) >= 11 is 0. The third-order valence-electron chi connectivity index (χ3n) is 4.22. The molecular formula is C19H27N3O2. The largest absolute Gasteiger partial charge is 0.396 e. The Morgan fingerprint density at radius 2 is 2.00 bits per heavy atom. The van der Waals surface area contributed by atoms with E-state index in [4.69, 9.17) is 5.11 Å². The van der Waals surface area contributed by atoms with E-state index in [0.717, 1.165) is 17.7 Å². The third kappa shape index (κ3) is 4.68. The molecule has 2 N–H and O–H groups in total. The minimum absolute atomic E-state index is 0.0998. The molecule has 0 spiro atoms. The Morgan fingerprint density at radius 1 is 1.29 bits per heavy atom. The summed E-state index contributed by atoms with van der Waals surface area (Å²) in [5.41, 5.74) is 2.60. The number of carbonyl (C=O) groups is 1. The molecule has 0 aliphatic carbocycles. The lowest BCUT2D eigenvalue weighted by atomic mass is 9.89. The summed E-state index contributed by atoms with van der Waals surface area (Å²) in [6.45, 7) is 7.40. The Balaban J connectivity index is 2.09. The molecule has 0 atom stereocenters. The lowest BCUT2D eigenvalue weighted by molar-refractivity contribution is 0.0927. The molecule has 0 aliphatic rings. The van der Waals surface area contributed by atoms with Gasteiger partial charge in [-0.2, -0.15) is 5.10 Å². The fourth-order valence-electron chi connectivity index (χ4n) is 2.67. The molecule has 5 heteroatoms. The van der Waals surface area contributed by atoms with E-state index in [1.807, 2.05) is 43.7 Å². The molecule has 0 fully saturated rings. The first kappa shape index (κ1) is 18.2. The molecule has 5 nitrogen and oxygen atoms in total. The maximum absolute atomic E-state index is 12.5. The number of nitrogens with zero attached hydrogens (tertiary/aromatic N) is 2. The smallest absolute Gasteiger partial charge is 0.254 e. The Kier molecular flexibility index (Phi) is 6.15. The van der Waals surface area contributed by atoms with Crippen LogP contribution >= 0.6 is 0 Å². The van der Waals surface area contributed by atoms with Crippen LogP contribution in [0, 0.1) is 5.41 Å². The second kappa shape index (κ2) is 8.11. The second-order valence-electron chi connectivity index (χ2n) is 6.82. The maximum atomic E-state index is 12.5. The highest BCUT2D eigenvalue weighted by molar-refractivity contribution is 5.95. The van der Waals surface area contributed by atoms with E-state index in [2.05, 4.69) is 22.5 Å². The topological polar surface area (TPSA) is 67.2 Å². The molecule has 1 amide bonds. The minimum Gasteiger partial charge on any atom is -0.396 e. The van der Waals surface area contributed by atoms with Gasteiger partial charge in [0.1, 0.15) is 0 Å². The van der Waals surface area contributed by atoms with Gasteiger partial charge in [-0.1, -0.05) is 51.1 Å². The van der Waals surface area contributed by atoms with Crippen LogP contribution in [-0.2, 0) is 13.0 Å². The molecule has 1 heterocycles. The summed E-state index contributed by atoms with van der Waals surface area (Å²) < 4.78 is 1.89. The molecule has 0 aliphatic heterocycles. The number of rotatable bonds is 8. The molecule has 0 unspecified atom stereocenters. The van der Waals surface area contributed by atoms with Gasteiger partial charge in [0, 0.05) is 13.2 Å². The van der Waals surface area contributed by atoms with Crippen LogP contribution in [0.25, 0.3) is 0 Å². The number of hydrogen-bond acceptors (Lipinski definition) is 3. The van der Waals surface area contributed by atoms with Gasteiger partial charge in [0.2, 0.25) is 0 Å². The molecule has 130 valence electrons. The highest BCUT2D eigenvalue weighted by atomic mass is 16.3. The predicted octanol–water partition coefficient (Wildman–Crippen LogP) is 2.63. The summed E-state index contributed by atoms with van der Waals surface area (Å²) in [7, 11) is 0. The number of carbonyl (C=O) groups excluding carboxylic acids is 1. The molecule has 0 radical (unpaired) electrons. The quantitative estimate of drug-likeness (QED) is 0.782. The van der Waals surface area contributed by atoms with Gasteiger partial charge in [0.25, 0.3) is 5.91 Å². The second-order valence-corrected chi connectivity index (χ2v) is 6.82. The zero-order chi connectivity index (χ0) is 17.6. The number of aliphatic hydroxyl groups is 1. The van der Waals surface area contributed by atoms with Gasteiger partial charge in [0.05, 0.1) is 24.0 Å². The van der Waals surface area contributed by atoms with Crippen LogP contribution in [0.5, 0.6) is 0 Å². The van der Waals surface area contributed by atoms with Crippen molar-refractivity contribution in [2.24, 2.45) is 5.41 Å². The van der Waals surface area contributed by atoms with Crippen molar-refractivity contribution in [1.82, 2.24) is 15.1 Å². The van der Waals surface area contributed by atoms with E-state index < -0.39 is 0 Å². The van der Waals surface area contributed by atoms with Crippen LogP contribution in [-0.4, -0.2) is 33.9 Å². The van der Waals surface area contributed by atoms with Crippen molar-refractivity contribution in [3.63, 3.8) is 0 Å². The van der Waals surface area contributed by atoms with Gasteiger partial charge in [-0.05, 0) is 23.8 Å². The van der Waals surface area contributed by atoms with Gasteiger partial charge in [-0.15, -0.1) is 0 Å².